The summed E-state index contributed by atoms with van der Waals surface area (Å²) >= 11 is 0. The molecule has 186 valence electrons. The van der Waals surface area contributed by atoms with Gasteiger partial charge in [0.1, 0.15) is 12.1 Å². The lowest BCUT2D eigenvalue weighted by molar-refractivity contribution is -0.144. The second kappa shape index (κ2) is 10.5. The molecule has 0 spiro atoms. The Morgan fingerprint density at radius 3 is 2.20 bits per heavy atom. The molecule has 3 N–H and O–H groups in total. The quantitative estimate of drug-likeness (QED) is 0.531. The van der Waals surface area contributed by atoms with E-state index in [2.05, 4.69) is 22.8 Å². The zero-order chi connectivity index (χ0) is 25.0. The number of carboxylic acid groups (broad SMARTS) is 1. The van der Waals surface area contributed by atoms with E-state index in [1.807, 2.05) is 36.4 Å². The van der Waals surface area contributed by atoms with Crippen LogP contribution in [0.1, 0.15) is 49.7 Å². The molecule has 0 heterocycles. The maximum absolute atomic E-state index is 13.2. The first-order valence-corrected chi connectivity index (χ1v) is 12.0. The van der Waals surface area contributed by atoms with Gasteiger partial charge in [-0.2, -0.15) is 0 Å². The number of aliphatic carboxylic acids is 1. The maximum Gasteiger partial charge on any atom is 0.408 e. The van der Waals surface area contributed by atoms with Crippen LogP contribution in [0.5, 0.6) is 0 Å². The molecule has 0 aromatic heterocycles. The van der Waals surface area contributed by atoms with E-state index in [1.165, 1.54) is 7.11 Å². The molecule has 0 bridgehead atoms. The number of amides is 2. The minimum absolute atomic E-state index is 0.0898. The highest BCUT2D eigenvalue weighted by Gasteiger charge is 2.40. The van der Waals surface area contributed by atoms with Gasteiger partial charge in [-0.1, -0.05) is 61.4 Å². The number of rotatable bonds is 8. The Labute approximate surface area is 205 Å². The Kier molecular flexibility index (Phi) is 7.40. The highest BCUT2D eigenvalue weighted by Crippen LogP contribution is 2.44. The summed E-state index contributed by atoms with van der Waals surface area (Å²) in [6, 6.07) is 15.6. The number of carbonyl (C=O) groups excluding carboxylic acids is 2. The van der Waals surface area contributed by atoms with E-state index in [0.717, 1.165) is 35.1 Å². The van der Waals surface area contributed by atoms with Gasteiger partial charge in [0.05, 0.1) is 12.5 Å². The molecule has 2 aliphatic carbocycles. The summed E-state index contributed by atoms with van der Waals surface area (Å²) in [6.07, 6.45) is 2.02. The Bertz CT molecular complexity index is 1060. The minimum Gasteiger partial charge on any atom is -0.481 e. The highest BCUT2D eigenvalue weighted by molar-refractivity contribution is 5.90. The van der Waals surface area contributed by atoms with E-state index in [4.69, 9.17) is 9.47 Å². The average Bonchev–Trinajstić information content (AvgIpc) is 3.17. The first-order valence-electron chi connectivity index (χ1n) is 12.0. The van der Waals surface area contributed by atoms with Gasteiger partial charge in [0.2, 0.25) is 5.91 Å². The largest absolute Gasteiger partial charge is 0.481 e. The van der Waals surface area contributed by atoms with Gasteiger partial charge in [0, 0.05) is 19.1 Å². The standard InChI is InChI=1S/C27H32N2O6/c1-27(16-34-2,25(32)28-23-14-8-7-13-21(23)24(30)31)29-26(33)35-15-22-19-11-5-3-9-17(19)18-10-4-6-12-20(18)22/h3-6,9-12,21-23H,7-8,13-16H2,1-2H3,(H,28,32)(H,29,33)(H,30,31)/t21-,23+,27?/m0/s1. The molecule has 8 heteroatoms. The van der Waals surface area contributed by atoms with Crippen LogP contribution in [0.4, 0.5) is 4.79 Å². The van der Waals surface area contributed by atoms with E-state index < -0.39 is 35.5 Å². The number of ether oxygens (including phenoxy) is 2. The Morgan fingerprint density at radius 1 is 1.00 bits per heavy atom. The fourth-order valence-electron chi connectivity index (χ4n) is 5.23. The van der Waals surface area contributed by atoms with Crippen LogP contribution in [0.15, 0.2) is 48.5 Å². The van der Waals surface area contributed by atoms with Crippen LogP contribution in [0.2, 0.25) is 0 Å². The van der Waals surface area contributed by atoms with Gasteiger partial charge in [-0.05, 0) is 42.0 Å². The van der Waals surface area contributed by atoms with Gasteiger partial charge in [0.15, 0.2) is 0 Å². The van der Waals surface area contributed by atoms with Crippen molar-refractivity contribution in [1.82, 2.24) is 10.6 Å². The molecule has 3 atom stereocenters. The topological polar surface area (TPSA) is 114 Å². The molecular formula is C27H32N2O6. The van der Waals surface area contributed by atoms with Gasteiger partial charge in [-0.25, -0.2) is 4.79 Å². The van der Waals surface area contributed by atoms with E-state index >= 15 is 0 Å². The van der Waals surface area contributed by atoms with E-state index in [1.54, 1.807) is 6.92 Å². The zero-order valence-corrected chi connectivity index (χ0v) is 20.1. The molecule has 1 saturated carbocycles. The third kappa shape index (κ3) is 5.17. The summed E-state index contributed by atoms with van der Waals surface area (Å²) < 4.78 is 10.8. The molecule has 2 amide bonds. The predicted molar refractivity (Wildman–Crippen MR) is 130 cm³/mol. The van der Waals surface area contributed by atoms with Gasteiger partial charge in [0.25, 0.3) is 0 Å². The van der Waals surface area contributed by atoms with Crippen LogP contribution in [0.3, 0.4) is 0 Å². The first-order chi connectivity index (χ1) is 16.8. The fraction of sp³-hybridized carbons (Fsp3) is 0.444. The van der Waals surface area contributed by atoms with Gasteiger partial charge in [-0.15, -0.1) is 0 Å². The second-order valence-corrected chi connectivity index (χ2v) is 9.52. The molecule has 2 aromatic carbocycles. The Hall–Kier alpha value is -3.39. The normalized spacial score (nSPS) is 20.7. The molecule has 4 rings (SSSR count). The second-order valence-electron chi connectivity index (χ2n) is 9.52. The number of hydrogen-bond donors (Lipinski definition) is 3. The molecular weight excluding hydrogens is 448 g/mol. The molecule has 0 aliphatic heterocycles. The van der Waals surface area contributed by atoms with Crippen LogP contribution in [-0.4, -0.2) is 55.0 Å². The van der Waals surface area contributed by atoms with Gasteiger partial charge < -0.3 is 25.2 Å². The van der Waals surface area contributed by atoms with Crippen LogP contribution >= 0.6 is 0 Å². The summed E-state index contributed by atoms with van der Waals surface area (Å²) in [6.45, 7) is 1.58. The third-order valence-electron chi connectivity index (χ3n) is 7.06. The number of methoxy groups -OCH3 is 1. The Morgan fingerprint density at radius 2 is 1.60 bits per heavy atom. The van der Waals surface area contributed by atoms with Crippen molar-refractivity contribution in [3.8, 4) is 11.1 Å². The van der Waals surface area contributed by atoms with Crippen LogP contribution in [0.25, 0.3) is 11.1 Å². The molecule has 2 aromatic rings. The van der Waals surface area contributed by atoms with E-state index in [0.29, 0.717) is 12.8 Å². The van der Waals surface area contributed by atoms with Crippen molar-refractivity contribution < 1.29 is 29.0 Å². The van der Waals surface area contributed by atoms with Crippen LogP contribution in [0, 0.1) is 5.92 Å². The van der Waals surface area contributed by atoms with Crippen molar-refractivity contribution in [2.24, 2.45) is 5.92 Å². The van der Waals surface area contributed by atoms with Crippen molar-refractivity contribution in [2.75, 3.05) is 20.3 Å². The summed E-state index contributed by atoms with van der Waals surface area (Å²) in [5, 5.41) is 15.0. The van der Waals surface area contributed by atoms with Crippen LogP contribution in [-0.2, 0) is 19.1 Å². The summed E-state index contributed by atoms with van der Waals surface area (Å²) in [5.41, 5.74) is 3.02. The lowest BCUT2D eigenvalue weighted by Crippen LogP contribution is -2.62. The number of carboxylic acids is 1. The Balaban J connectivity index is 1.42. The van der Waals surface area contributed by atoms with Gasteiger partial charge >= 0.3 is 12.1 Å². The summed E-state index contributed by atoms with van der Waals surface area (Å²) in [7, 11) is 1.44. The zero-order valence-electron chi connectivity index (χ0n) is 20.1. The maximum atomic E-state index is 13.2. The van der Waals surface area contributed by atoms with E-state index in [9.17, 15) is 19.5 Å². The lowest BCUT2D eigenvalue weighted by Gasteiger charge is -2.34. The highest BCUT2D eigenvalue weighted by atomic mass is 16.5. The summed E-state index contributed by atoms with van der Waals surface area (Å²) in [5.74, 6) is -2.16. The van der Waals surface area contributed by atoms with Crippen molar-refractivity contribution in [3.63, 3.8) is 0 Å². The first kappa shape index (κ1) is 24.7. The number of carbonyl (C=O) groups is 3. The van der Waals surface area contributed by atoms with Crippen molar-refractivity contribution in [3.05, 3.63) is 59.7 Å². The number of alkyl carbamates (subject to hydrolysis) is 1. The minimum atomic E-state index is -1.42. The SMILES string of the molecule is COCC(C)(NC(=O)OCC1c2ccccc2-c2ccccc21)C(=O)N[C@@H]1CCCC[C@@H]1C(=O)O. The molecule has 35 heavy (non-hydrogen) atoms. The third-order valence-corrected chi connectivity index (χ3v) is 7.06. The smallest absolute Gasteiger partial charge is 0.408 e. The van der Waals surface area contributed by atoms with Gasteiger partial charge in [-0.3, -0.25) is 9.59 Å². The molecule has 2 aliphatic rings. The van der Waals surface area contributed by atoms with Crippen molar-refractivity contribution >= 4 is 18.0 Å². The predicted octanol–water partition coefficient (Wildman–Crippen LogP) is 3.69. The monoisotopic (exact) mass is 480 g/mol. The number of nitrogens with one attached hydrogen (secondary N) is 2. The fourth-order valence-corrected chi connectivity index (χ4v) is 5.23. The molecule has 0 radical (unpaired) electrons. The van der Waals surface area contributed by atoms with Crippen molar-refractivity contribution in [1.29, 1.82) is 0 Å². The van der Waals surface area contributed by atoms with Crippen LogP contribution < -0.4 is 10.6 Å². The molecule has 8 nitrogen and oxygen atoms in total. The summed E-state index contributed by atoms with van der Waals surface area (Å²) in [4.78, 5) is 37.6. The average molecular weight is 481 g/mol. The molecule has 1 unspecified atom stereocenters. The molecule has 1 fully saturated rings. The van der Waals surface area contributed by atoms with Crippen molar-refractivity contribution in [2.45, 2.75) is 50.1 Å². The number of benzene rings is 2. The van der Waals surface area contributed by atoms with E-state index in [-0.39, 0.29) is 19.1 Å². The number of hydrogen-bond acceptors (Lipinski definition) is 5. The lowest BCUT2D eigenvalue weighted by atomic mass is 9.84. The molecule has 0 saturated heterocycles. The number of fused-ring (bicyclic) bond motifs is 3.